The van der Waals surface area contributed by atoms with E-state index in [4.69, 9.17) is 17.3 Å². The van der Waals surface area contributed by atoms with E-state index in [-0.39, 0.29) is 18.6 Å². The summed E-state index contributed by atoms with van der Waals surface area (Å²) in [6, 6.07) is 4.19. The van der Waals surface area contributed by atoms with E-state index in [1.165, 1.54) is 18.2 Å². The molecule has 1 aromatic rings. The van der Waals surface area contributed by atoms with E-state index >= 15 is 0 Å². The molecule has 0 amide bonds. The standard InChI is InChI=1S/C12H15ClFNO/c1-12(2,15)7-10(16)6-8-5-9(13)3-4-11(8)14/h3-5H,6-7,15H2,1-2H3. The van der Waals surface area contributed by atoms with Crippen molar-refractivity contribution in [1.82, 2.24) is 0 Å². The van der Waals surface area contributed by atoms with Crippen LogP contribution in [0, 0.1) is 5.82 Å². The zero-order chi connectivity index (χ0) is 12.3. The minimum absolute atomic E-state index is 0.0347. The summed E-state index contributed by atoms with van der Waals surface area (Å²) in [5.74, 6) is -0.499. The Balaban J connectivity index is 2.73. The predicted octanol–water partition coefficient (Wildman–Crippen LogP) is 2.72. The van der Waals surface area contributed by atoms with Gasteiger partial charge in [-0.3, -0.25) is 4.79 Å². The molecule has 0 saturated carbocycles. The van der Waals surface area contributed by atoms with E-state index in [2.05, 4.69) is 0 Å². The summed E-state index contributed by atoms with van der Waals surface area (Å²) in [6.45, 7) is 3.53. The maximum Gasteiger partial charge on any atom is 0.139 e. The lowest BCUT2D eigenvalue weighted by Crippen LogP contribution is -2.35. The Kier molecular flexibility index (Phi) is 4.05. The fraction of sp³-hybridized carbons (Fsp3) is 0.417. The molecular formula is C12H15ClFNO. The van der Waals surface area contributed by atoms with E-state index in [9.17, 15) is 9.18 Å². The molecule has 0 heterocycles. The van der Waals surface area contributed by atoms with Crippen LogP contribution < -0.4 is 5.73 Å². The third kappa shape index (κ3) is 4.29. The van der Waals surface area contributed by atoms with Crippen LogP contribution in [0.2, 0.25) is 5.02 Å². The number of ketones is 1. The molecule has 1 rings (SSSR count). The van der Waals surface area contributed by atoms with Gasteiger partial charge in [0.15, 0.2) is 0 Å². The molecular weight excluding hydrogens is 229 g/mol. The molecule has 0 radical (unpaired) electrons. The Morgan fingerprint density at radius 1 is 1.50 bits per heavy atom. The molecule has 16 heavy (non-hydrogen) atoms. The van der Waals surface area contributed by atoms with Crippen molar-refractivity contribution in [2.75, 3.05) is 0 Å². The number of rotatable bonds is 4. The van der Waals surface area contributed by atoms with Crippen molar-refractivity contribution in [3.05, 3.63) is 34.6 Å². The highest BCUT2D eigenvalue weighted by molar-refractivity contribution is 6.30. The molecule has 1 aromatic carbocycles. The monoisotopic (exact) mass is 243 g/mol. The molecule has 0 aliphatic heterocycles. The number of hydrogen-bond acceptors (Lipinski definition) is 2. The Hall–Kier alpha value is -0.930. The zero-order valence-electron chi connectivity index (χ0n) is 9.39. The molecule has 0 aliphatic rings. The van der Waals surface area contributed by atoms with Gasteiger partial charge in [-0.25, -0.2) is 4.39 Å². The lowest BCUT2D eigenvalue weighted by molar-refractivity contribution is -0.119. The van der Waals surface area contributed by atoms with Gasteiger partial charge < -0.3 is 5.73 Å². The van der Waals surface area contributed by atoms with Crippen molar-refractivity contribution >= 4 is 17.4 Å². The highest BCUT2D eigenvalue weighted by Crippen LogP contribution is 2.17. The normalized spacial score (nSPS) is 11.6. The lowest BCUT2D eigenvalue weighted by Gasteiger charge is -2.17. The van der Waals surface area contributed by atoms with Gasteiger partial charge in [-0.2, -0.15) is 0 Å². The minimum atomic E-state index is -0.563. The number of Topliss-reactive ketones (excluding diaryl/α,β-unsaturated/α-hetero) is 1. The number of halogens is 2. The maximum absolute atomic E-state index is 13.3. The second-order valence-corrected chi connectivity index (χ2v) is 5.05. The van der Waals surface area contributed by atoms with E-state index < -0.39 is 11.4 Å². The van der Waals surface area contributed by atoms with Crippen LogP contribution >= 0.6 is 11.6 Å². The van der Waals surface area contributed by atoms with Gasteiger partial charge in [0.2, 0.25) is 0 Å². The highest BCUT2D eigenvalue weighted by Gasteiger charge is 2.17. The van der Waals surface area contributed by atoms with Gasteiger partial charge in [0.1, 0.15) is 11.6 Å². The summed E-state index contributed by atoms with van der Waals surface area (Å²) in [5, 5.41) is 0.427. The SMILES string of the molecule is CC(C)(N)CC(=O)Cc1cc(Cl)ccc1F. The molecule has 0 atom stereocenters. The van der Waals surface area contributed by atoms with Gasteiger partial charge in [0.05, 0.1) is 0 Å². The average Bonchev–Trinajstić information content (AvgIpc) is 2.08. The molecule has 0 unspecified atom stereocenters. The lowest BCUT2D eigenvalue weighted by atomic mass is 9.95. The molecule has 0 fully saturated rings. The number of nitrogens with two attached hydrogens (primary N) is 1. The molecule has 0 bridgehead atoms. The van der Waals surface area contributed by atoms with Crippen molar-refractivity contribution in [3.8, 4) is 0 Å². The Bertz CT molecular complexity index is 398. The van der Waals surface area contributed by atoms with Crippen LogP contribution in [0.1, 0.15) is 25.8 Å². The summed E-state index contributed by atoms with van der Waals surface area (Å²) in [6.07, 6.45) is 0.256. The third-order valence-electron chi connectivity index (χ3n) is 2.05. The Morgan fingerprint density at radius 2 is 2.12 bits per heavy atom. The quantitative estimate of drug-likeness (QED) is 0.884. The van der Waals surface area contributed by atoms with E-state index in [0.717, 1.165) is 0 Å². The van der Waals surface area contributed by atoms with Crippen molar-refractivity contribution in [1.29, 1.82) is 0 Å². The first-order valence-electron chi connectivity index (χ1n) is 5.02. The first kappa shape index (κ1) is 13.1. The highest BCUT2D eigenvalue weighted by atomic mass is 35.5. The first-order valence-corrected chi connectivity index (χ1v) is 5.40. The summed E-state index contributed by atoms with van der Waals surface area (Å²) in [7, 11) is 0. The van der Waals surface area contributed by atoms with E-state index in [1.54, 1.807) is 13.8 Å². The summed E-state index contributed by atoms with van der Waals surface area (Å²) in [5.41, 5.74) is 5.48. The van der Waals surface area contributed by atoms with E-state index in [0.29, 0.717) is 10.6 Å². The second-order valence-electron chi connectivity index (χ2n) is 4.62. The fourth-order valence-electron chi connectivity index (χ4n) is 1.46. The van der Waals surface area contributed by atoms with Crippen LogP contribution in [0.15, 0.2) is 18.2 Å². The first-order chi connectivity index (χ1) is 7.28. The topological polar surface area (TPSA) is 43.1 Å². The van der Waals surface area contributed by atoms with Gasteiger partial charge in [-0.15, -0.1) is 0 Å². The third-order valence-corrected chi connectivity index (χ3v) is 2.28. The van der Waals surface area contributed by atoms with Crippen molar-refractivity contribution in [2.24, 2.45) is 5.73 Å². The number of benzene rings is 1. The van der Waals surface area contributed by atoms with Gasteiger partial charge in [-0.05, 0) is 37.6 Å². The molecule has 4 heteroatoms. The fourth-order valence-corrected chi connectivity index (χ4v) is 1.66. The number of carbonyl (C=O) groups is 1. The molecule has 88 valence electrons. The Labute approximate surface area is 99.6 Å². The van der Waals surface area contributed by atoms with Gasteiger partial charge in [0.25, 0.3) is 0 Å². The summed E-state index contributed by atoms with van der Waals surface area (Å²) in [4.78, 5) is 11.6. The molecule has 0 saturated heterocycles. The van der Waals surface area contributed by atoms with Crippen LogP contribution in [0.4, 0.5) is 4.39 Å². The Morgan fingerprint density at radius 3 is 2.69 bits per heavy atom. The number of hydrogen-bond donors (Lipinski definition) is 1. The van der Waals surface area contributed by atoms with E-state index in [1.807, 2.05) is 0 Å². The molecule has 2 N–H and O–H groups in total. The number of carbonyl (C=O) groups excluding carboxylic acids is 1. The van der Waals surface area contributed by atoms with Crippen LogP contribution in [0.3, 0.4) is 0 Å². The summed E-state index contributed by atoms with van der Waals surface area (Å²) < 4.78 is 13.3. The van der Waals surface area contributed by atoms with Crippen LogP contribution in [-0.2, 0) is 11.2 Å². The maximum atomic E-state index is 13.3. The molecule has 0 aliphatic carbocycles. The van der Waals surface area contributed by atoms with Gasteiger partial charge >= 0.3 is 0 Å². The van der Waals surface area contributed by atoms with Crippen LogP contribution in [0.25, 0.3) is 0 Å². The molecule has 0 spiro atoms. The molecule has 2 nitrogen and oxygen atoms in total. The van der Waals surface area contributed by atoms with Crippen molar-refractivity contribution < 1.29 is 9.18 Å². The van der Waals surface area contributed by atoms with Gasteiger partial charge in [-0.1, -0.05) is 11.6 Å². The largest absolute Gasteiger partial charge is 0.325 e. The van der Waals surface area contributed by atoms with Crippen molar-refractivity contribution in [3.63, 3.8) is 0 Å². The van der Waals surface area contributed by atoms with Crippen LogP contribution in [-0.4, -0.2) is 11.3 Å². The molecule has 0 aromatic heterocycles. The average molecular weight is 244 g/mol. The zero-order valence-corrected chi connectivity index (χ0v) is 10.1. The second kappa shape index (κ2) is 4.93. The van der Waals surface area contributed by atoms with Crippen LogP contribution in [0.5, 0.6) is 0 Å². The smallest absolute Gasteiger partial charge is 0.139 e. The van der Waals surface area contributed by atoms with Crippen molar-refractivity contribution in [2.45, 2.75) is 32.2 Å². The predicted molar refractivity (Wildman–Crippen MR) is 63.0 cm³/mol. The summed E-state index contributed by atoms with van der Waals surface area (Å²) >= 11 is 5.73. The van der Waals surface area contributed by atoms with Gasteiger partial charge in [0, 0.05) is 23.4 Å². The minimum Gasteiger partial charge on any atom is -0.325 e.